The largest absolute Gasteiger partial charge is 0.497 e. The van der Waals surface area contributed by atoms with Gasteiger partial charge in [0.25, 0.3) is 11.5 Å². The summed E-state index contributed by atoms with van der Waals surface area (Å²) in [6.07, 6.45) is 6.91. The number of imide groups is 1. The molecule has 9 nitrogen and oxygen atoms in total. The van der Waals surface area contributed by atoms with Crippen LogP contribution in [0, 0.1) is 11.8 Å². The Balaban J connectivity index is 2.02. The third-order valence-electron chi connectivity index (χ3n) is 4.55. The lowest BCUT2D eigenvalue weighted by Gasteiger charge is -2.20. The number of hydrogen-bond donors (Lipinski definition) is 3. The SMILES string of the molecule is COc1ccc2ncn(CC3(C#C/C(C)=C/C/C=C\N)NC(=O)NC3=O)c(=O)c2c1. The van der Waals surface area contributed by atoms with E-state index in [9.17, 15) is 14.4 Å². The van der Waals surface area contributed by atoms with Crippen molar-refractivity contribution in [2.24, 2.45) is 5.73 Å². The van der Waals surface area contributed by atoms with Crippen LogP contribution in [0.15, 0.2) is 53.2 Å². The summed E-state index contributed by atoms with van der Waals surface area (Å²) in [6, 6.07) is 4.27. The molecule has 3 rings (SSSR count). The van der Waals surface area contributed by atoms with Gasteiger partial charge in [-0.05, 0) is 43.3 Å². The normalized spacial score (nSPS) is 18.8. The van der Waals surface area contributed by atoms with Crippen molar-refractivity contribution in [2.75, 3.05) is 7.11 Å². The molecule has 9 heteroatoms. The first kappa shape index (κ1) is 20.7. The smallest absolute Gasteiger partial charge is 0.323 e. The highest BCUT2D eigenvalue weighted by molar-refractivity contribution is 6.09. The van der Waals surface area contributed by atoms with Crippen LogP contribution in [-0.4, -0.2) is 34.1 Å². The van der Waals surface area contributed by atoms with Gasteiger partial charge in [0.05, 0.1) is 30.9 Å². The summed E-state index contributed by atoms with van der Waals surface area (Å²) in [7, 11) is 1.50. The maximum Gasteiger partial charge on any atom is 0.323 e. The molecule has 1 aliphatic rings. The summed E-state index contributed by atoms with van der Waals surface area (Å²) in [5.41, 5.74) is 4.50. The highest BCUT2D eigenvalue weighted by Gasteiger charge is 2.45. The fourth-order valence-electron chi connectivity index (χ4n) is 2.94. The Hall–Kier alpha value is -4.06. The second-order valence-electron chi connectivity index (χ2n) is 6.68. The van der Waals surface area contributed by atoms with Crippen molar-refractivity contribution >= 4 is 22.8 Å². The standard InChI is InChI=1S/C21H21N5O4/c1-14(5-3-4-10-22)8-9-21(19(28)24-20(29)25-21)12-26-13-23-17-7-6-15(30-2)11-16(17)18(26)27/h4-7,10-11,13H,3,12,22H2,1-2H3,(H2,24,25,28,29)/b10-4-,14-5+. The van der Waals surface area contributed by atoms with Crippen molar-refractivity contribution in [1.82, 2.24) is 20.2 Å². The lowest BCUT2D eigenvalue weighted by molar-refractivity contribution is -0.122. The van der Waals surface area contributed by atoms with E-state index in [4.69, 9.17) is 10.5 Å². The molecule has 1 aromatic heterocycles. The minimum Gasteiger partial charge on any atom is -0.497 e. The van der Waals surface area contributed by atoms with Gasteiger partial charge in [-0.25, -0.2) is 9.78 Å². The number of aromatic nitrogens is 2. The number of nitrogens with two attached hydrogens (primary N) is 1. The van der Waals surface area contributed by atoms with E-state index in [2.05, 4.69) is 27.5 Å². The zero-order chi connectivity index (χ0) is 21.7. The van der Waals surface area contributed by atoms with Gasteiger partial charge in [-0.1, -0.05) is 24.0 Å². The van der Waals surface area contributed by atoms with Crippen LogP contribution >= 0.6 is 0 Å². The number of nitrogens with zero attached hydrogens (tertiary/aromatic N) is 2. The lowest BCUT2D eigenvalue weighted by Crippen LogP contribution is -2.50. The molecular formula is C21H21N5O4. The number of rotatable bonds is 5. The third-order valence-corrected chi connectivity index (χ3v) is 4.55. The maximum atomic E-state index is 13.0. The van der Waals surface area contributed by atoms with Crippen molar-refractivity contribution in [2.45, 2.75) is 25.4 Å². The number of nitrogens with one attached hydrogen (secondary N) is 2. The minimum atomic E-state index is -1.60. The number of benzene rings is 1. The summed E-state index contributed by atoms with van der Waals surface area (Å²) in [5.74, 6) is 5.57. The molecule has 4 N–H and O–H groups in total. The topological polar surface area (TPSA) is 128 Å². The van der Waals surface area contributed by atoms with E-state index in [1.54, 1.807) is 31.2 Å². The Morgan fingerprint density at radius 3 is 2.83 bits per heavy atom. The fraction of sp³-hybridized carbons (Fsp3) is 0.238. The van der Waals surface area contributed by atoms with Crippen LogP contribution in [0.1, 0.15) is 13.3 Å². The van der Waals surface area contributed by atoms with Crippen LogP contribution in [0.25, 0.3) is 10.9 Å². The van der Waals surface area contributed by atoms with Crippen molar-refractivity contribution in [3.63, 3.8) is 0 Å². The average molecular weight is 407 g/mol. The predicted molar refractivity (Wildman–Crippen MR) is 111 cm³/mol. The number of allylic oxidation sites excluding steroid dienone is 3. The van der Waals surface area contributed by atoms with E-state index in [1.807, 2.05) is 6.08 Å². The van der Waals surface area contributed by atoms with E-state index >= 15 is 0 Å². The van der Waals surface area contributed by atoms with E-state index in [-0.39, 0.29) is 12.1 Å². The molecule has 154 valence electrons. The summed E-state index contributed by atoms with van der Waals surface area (Å²) in [4.78, 5) is 41.6. The summed E-state index contributed by atoms with van der Waals surface area (Å²) in [6.45, 7) is 1.57. The highest BCUT2D eigenvalue weighted by Crippen LogP contribution is 2.17. The number of methoxy groups -OCH3 is 1. The van der Waals surface area contributed by atoms with Gasteiger partial charge >= 0.3 is 6.03 Å². The van der Waals surface area contributed by atoms with Gasteiger partial charge in [0, 0.05) is 0 Å². The monoisotopic (exact) mass is 407 g/mol. The molecule has 1 fully saturated rings. The Labute approximate surface area is 172 Å². The Morgan fingerprint density at radius 2 is 2.17 bits per heavy atom. The quantitative estimate of drug-likeness (QED) is 0.497. The minimum absolute atomic E-state index is 0.202. The fourth-order valence-corrected chi connectivity index (χ4v) is 2.94. The van der Waals surface area contributed by atoms with E-state index in [0.717, 1.165) is 0 Å². The molecule has 1 aliphatic heterocycles. The van der Waals surface area contributed by atoms with Crippen molar-refractivity contribution in [3.8, 4) is 17.6 Å². The molecule has 1 unspecified atom stereocenters. The Kier molecular flexibility index (Phi) is 5.88. The van der Waals surface area contributed by atoms with E-state index < -0.39 is 17.5 Å². The maximum absolute atomic E-state index is 13.0. The highest BCUT2D eigenvalue weighted by atomic mass is 16.5. The number of carbonyl (C=O) groups is 2. The van der Waals surface area contributed by atoms with Gasteiger partial charge < -0.3 is 15.8 Å². The molecule has 0 radical (unpaired) electrons. The van der Waals surface area contributed by atoms with Gasteiger partial charge in [-0.15, -0.1) is 0 Å². The number of ether oxygens (including phenoxy) is 1. The number of fused-ring (bicyclic) bond motifs is 1. The second kappa shape index (κ2) is 8.53. The molecule has 2 aromatic rings. The summed E-state index contributed by atoms with van der Waals surface area (Å²) >= 11 is 0. The van der Waals surface area contributed by atoms with Crippen LogP contribution in [-0.2, 0) is 11.3 Å². The Morgan fingerprint density at radius 1 is 1.37 bits per heavy atom. The predicted octanol–water partition coefficient (Wildman–Crippen LogP) is 0.795. The third kappa shape index (κ3) is 4.17. The second-order valence-corrected chi connectivity index (χ2v) is 6.68. The molecule has 1 aromatic carbocycles. The van der Waals surface area contributed by atoms with Gasteiger partial charge in [0.2, 0.25) is 5.54 Å². The molecule has 0 aliphatic carbocycles. The van der Waals surface area contributed by atoms with Gasteiger partial charge in [-0.3, -0.25) is 19.5 Å². The van der Waals surface area contributed by atoms with Crippen LogP contribution < -0.4 is 26.7 Å². The van der Waals surface area contributed by atoms with Crippen LogP contribution in [0.5, 0.6) is 5.75 Å². The molecule has 0 saturated carbocycles. The summed E-state index contributed by atoms with van der Waals surface area (Å²) in [5, 5.41) is 5.05. The van der Waals surface area contributed by atoms with Gasteiger partial charge in [0.15, 0.2) is 0 Å². The lowest BCUT2D eigenvalue weighted by atomic mass is 9.99. The van der Waals surface area contributed by atoms with Crippen LogP contribution in [0.3, 0.4) is 0 Å². The molecule has 1 atom stereocenters. The van der Waals surface area contributed by atoms with Crippen LogP contribution in [0.2, 0.25) is 0 Å². The number of amides is 3. The molecule has 1 saturated heterocycles. The molecule has 2 heterocycles. The number of carbonyl (C=O) groups excluding carboxylic acids is 2. The first-order valence-corrected chi connectivity index (χ1v) is 9.12. The Bertz CT molecular complexity index is 1190. The van der Waals surface area contributed by atoms with Crippen molar-refractivity contribution < 1.29 is 14.3 Å². The zero-order valence-corrected chi connectivity index (χ0v) is 16.6. The average Bonchev–Trinajstić information content (AvgIpc) is 3.01. The first-order chi connectivity index (χ1) is 14.4. The van der Waals surface area contributed by atoms with Crippen LogP contribution in [0.4, 0.5) is 4.79 Å². The van der Waals surface area contributed by atoms with Gasteiger partial charge in [0.1, 0.15) is 5.75 Å². The number of urea groups is 1. The van der Waals surface area contributed by atoms with Gasteiger partial charge in [-0.2, -0.15) is 0 Å². The number of hydrogen-bond acceptors (Lipinski definition) is 6. The van der Waals surface area contributed by atoms with Crippen molar-refractivity contribution in [1.29, 1.82) is 0 Å². The van der Waals surface area contributed by atoms with E-state index in [1.165, 1.54) is 24.2 Å². The van der Waals surface area contributed by atoms with E-state index in [0.29, 0.717) is 28.6 Å². The molecular weight excluding hydrogens is 386 g/mol. The molecule has 0 bridgehead atoms. The molecule has 0 spiro atoms. The molecule has 30 heavy (non-hydrogen) atoms. The summed E-state index contributed by atoms with van der Waals surface area (Å²) < 4.78 is 6.42. The zero-order valence-electron chi connectivity index (χ0n) is 16.6. The molecule has 3 amide bonds. The van der Waals surface area contributed by atoms with Crippen molar-refractivity contribution in [3.05, 3.63) is 58.8 Å². The first-order valence-electron chi connectivity index (χ1n) is 9.12.